The molecule has 1 aliphatic rings. The molecule has 0 unspecified atom stereocenters. The van der Waals surface area contributed by atoms with E-state index < -0.39 is 0 Å². The third kappa shape index (κ3) is 5.07. The van der Waals surface area contributed by atoms with Gasteiger partial charge >= 0.3 is 6.09 Å². The van der Waals surface area contributed by atoms with Crippen molar-refractivity contribution in [1.29, 1.82) is 0 Å². The van der Waals surface area contributed by atoms with E-state index in [4.69, 9.17) is 4.74 Å². The summed E-state index contributed by atoms with van der Waals surface area (Å²) in [5, 5.41) is 3.00. The molecule has 0 bridgehead atoms. The van der Waals surface area contributed by atoms with Gasteiger partial charge < -0.3 is 10.1 Å². The fourth-order valence-electron chi connectivity index (χ4n) is 3.04. The van der Waals surface area contributed by atoms with Crippen LogP contribution in [-0.2, 0) is 11.3 Å². The van der Waals surface area contributed by atoms with E-state index in [1.165, 1.54) is 12.8 Å². The molecule has 0 saturated heterocycles. The van der Waals surface area contributed by atoms with E-state index in [1.807, 2.05) is 30.3 Å². The van der Waals surface area contributed by atoms with Crippen LogP contribution in [0.3, 0.4) is 0 Å². The van der Waals surface area contributed by atoms with Crippen molar-refractivity contribution in [2.75, 3.05) is 0 Å². The van der Waals surface area contributed by atoms with Crippen LogP contribution >= 0.6 is 0 Å². The topological polar surface area (TPSA) is 38.3 Å². The molecule has 1 amide bonds. The summed E-state index contributed by atoms with van der Waals surface area (Å²) in [6.07, 6.45) is 4.20. The summed E-state index contributed by atoms with van der Waals surface area (Å²) >= 11 is 0. The number of ether oxygens (including phenoxy) is 1. The third-order valence-electron chi connectivity index (χ3n) is 4.49. The molecule has 1 aliphatic carbocycles. The van der Waals surface area contributed by atoms with Gasteiger partial charge in [-0.1, -0.05) is 51.1 Å². The van der Waals surface area contributed by atoms with Gasteiger partial charge in [0.25, 0.3) is 0 Å². The number of rotatable bonds is 3. The van der Waals surface area contributed by atoms with Crippen molar-refractivity contribution in [3.8, 4) is 0 Å². The molecule has 0 radical (unpaired) electrons. The highest BCUT2D eigenvalue weighted by Gasteiger charge is 2.30. The van der Waals surface area contributed by atoms with Crippen molar-refractivity contribution in [2.45, 2.75) is 59.1 Å². The zero-order chi connectivity index (χ0) is 15.3. The molecule has 21 heavy (non-hydrogen) atoms. The maximum Gasteiger partial charge on any atom is 0.407 e. The highest BCUT2D eigenvalue weighted by atomic mass is 16.5. The van der Waals surface area contributed by atoms with Gasteiger partial charge in [0.15, 0.2) is 0 Å². The maximum atomic E-state index is 11.8. The van der Waals surface area contributed by atoms with Crippen molar-refractivity contribution in [3.63, 3.8) is 0 Å². The molecule has 0 spiro atoms. The van der Waals surface area contributed by atoms with E-state index in [1.54, 1.807) is 0 Å². The summed E-state index contributed by atoms with van der Waals surface area (Å²) in [7, 11) is 0. The largest absolute Gasteiger partial charge is 0.445 e. The second-order valence-electron chi connectivity index (χ2n) is 7.12. The monoisotopic (exact) mass is 289 g/mol. The first-order chi connectivity index (χ1) is 9.95. The average Bonchev–Trinajstić information content (AvgIpc) is 2.46. The SMILES string of the molecule is CC(C)(C)C1CCC(NC(=O)OCc2ccccc2)CC1. The summed E-state index contributed by atoms with van der Waals surface area (Å²) in [5.74, 6) is 0.760. The summed E-state index contributed by atoms with van der Waals surface area (Å²) < 4.78 is 5.27. The first-order valence-electron chi connectivity index (χ1n) is 7.92. The highest BCUT2D eigenvalue weighted by Crippen LogP contribution is 2.37. The van der Waals surface area contributed by atoms with Crippen molar-refractivity contribution in [2.24, 2.45) is 11.3 Å². The van der Waals surface area contributed by atoms with Crippen molar-refractivity contribution >= 4 is 6.09 Å². The summed E-state index contributed by atoms with van der Waals surface area (Å²) in [4.78, 5) is 11.8. The molecule has 1 fully saturated rings. The van der Waals surface area contributed by atoms with Crippen LogP contribution in [-0.4, -0.2) is 12.1 Å². The average molecular weight is 289 g/mol. The van der Waals surface area contributed by atoms with Gasteiger partial charge in [-0.2, -0.15) is 0 Å². The second-order valence-corrected chi connectivity index (χ2v) is 7.12. The van der Waals surface area contributed by atoms with Gasteiger partial charge in [-0.05, 0) is 42.6 Å². The van der Waals surface area contributed by atoms with Crippen LogP contribution in [0.2, 0.25) is 0 Å². The lowest BCUT2D eigenvalue weighted by Crippen LogP contribution is -2.39. The van der Waals surface area contributed by atoms with E-state index in [0.717, 1.165) is 24.3 Å². The normalized spacial score (nSPS) is 22.6. The Kier molecular flexibility index (Phi) is 5.27. The second kappa shape index (κ2) is 6.97. The predicted molar refractivity (Wildman–Crippen MR) is 85.0 cm³/mol. The Hall–Kier alpha value is -1.51. The standard InChI is InChI=1S/C18H27NO2/c1-18(2,3)15-9-11-16(12-10-15)19-17(20)21-13-14-7-5-4-6-8-14/h4-8,15-16H,9-13H2,1-3H3,(H,19,20). The molecular formula is C18H27NO2. The molecule has 3 nitrogen and oxygen atoms in total. The van der Waals surface area contributed by atoms with Crippen LogP contribution in [0.25, 0.3) is 0 Å². The number of hydrogen-bond donors (Lipinski definition) is 1. The number of amides is 1. The smallest absolute Gasteiger partial charge is 0.407 e. The van der Waals surface area contributed by atoms with Gasteiger partial charge in [0.2, 0.25) is 0 Å². The summed E-state index contributed by atoms with van der Waals surface area (Å²) in [6, 6.07) is 10.0. The molecular weight excluding hydrogens is 262 g/mol. The van der Waals surface area contributed by atoms with Crippen LogP contribution in [0.1, 0.15) is 52.0 Å². The minimum atomic E-state index is -0.293. The molecule has 1 aromatic carbocycles. The quantitative estimate of drug-likeness (QED) is 0.888. The Labute approximate surface area is 128 Å². The minimum Gasteiger partial charge on any atom is -0.445 e. The summed E-state index contributed by atoms with van der Waals surface area (Å²) in [6.45, 7) is 7.25. The fraction of sp³-hybridized carbons (Fsp3) is 0.611. The predicted octanol–water partition coefficient (Wildman–Crippen LogP) is 4.52. The van der Waals surface area contributed by atoms with Crippen LogP contribution in [0, 0.1) is 11.3 Å². The highest BCUT2D eigenvalue weighted by molar-refractivity contribution is 5.67. The van der Waals surface area contributed by atoms with Gasteiger partial charge in [0, 0.05) is 6.04 Å². The Bertz CT molecular complexity index is 442. The van der Waals surface area contributed by atoms with Crippen LogP contribution in [0.15, 0.2) is 30.3 Å². The summed E-state index contributed by atoms with van der Waals surface area (Å²) in [5.41, 5.74) is 1.39. The molecule has 2 rings (SSSR count). The zero-order valence-electron chi connectivity index (χ0n) is 13.4. The Morgan fingerprint density at radius 1 is 1.14 bits per heavy atom. The van der Waals surface area contributed by atoms with Crippen LogP contribution in [0.4, 0.5) is 4.79 Å². The van der Waals surface area contributed by atoms with Gasteiger partial charge in [0.1, 0.15) is 6.61 Å². The fourth-order valence-corrected chi connectivity index (χ4v) is 3.04. The minimum absolute atomic E-state index is 0.270. The molecule has 1 aromatic rings. The molecule has 0 atom stereocenters. The first kappa shape index (κ1) is 15.9. The number of carbonyl (C=O) groups excluding carboxylic acids is 1. The number of nitrogens with one attached hydrogen (secondary N) is 1. The van der Waals surface area contributed by atoms with Gasteiger partial charge in [-0.25, -0.2) is 4.79 Å². The molecule has 0 aromatic heterocycles. The molecule has 0 aliphatic heterocycles. The van der Waals surface area contributed by atoms with Gasteiger partial charge in [0.05, 0.1) is 0 Å². The number of alkyl carbamates (subject to hydrolysis) is 1. The van der Waals surface area contributed by atoms with Gasteiger partial charge in [-0.3, -0.25) is 0 Å². The Balaban J connectivity index is 1.70. The van der Waals surface area contributed by atoms with Crippen molar-refractivity contribution in [1.82, 2.24) is 5.32 Å². The Morgan fingerprint density at radius 3 is 2.33 bits per heavy atom. The maximum absolute atomic E-state index is 11.8. The van der Waals surface area contributed by atoms with Crippen LogP contribution < -0.4 is 5.32 Å². The number of benzene rings is 1. The number of hydrogen-bond acceptors (Lipinski definition) is 2. The molecule has 116 valence electrons. The van der Waals surface area contributed by atoms with Crippen LogP contribution in [0.5, 0.6) is 0 Å². The van der Waals surface area contributed by atoms with E-state index >= 15 is 0 Å². The molecule has 1 N–H and O–H groups in total. The van der Waals surface area contributed by atoms with Gasteiger partial charge in [-0.15, -0.1) is 0 Å². The van der Waals surface area contributed by atoms with Crippen molar-refractivity contribution in [3.05, 3.63) is 35.9 Å². The molecule has 0 heterocycles. The number of carbonyl (C=O) groups is 1. The van der Waals surface area contributed by atoms with E-state index in [2.05, 4.69) is 26.1 Å². The van der Waals surface area contributed by atoms with E-state index in [9.17, 15) is 4.79 Å². The lowest BCUT2D eigenvalue weighted by Gasteiger charge is -2.37. The first-order valence-corrected chi connectivity index (χ1v) is 7.92. The zero-order valence-corrected chi connectivity index (χ0v) is 13.4. The van der Waals surface area contributed by atoms with Crippen molar-refractivity contribution < 1.29 is 9.53 Å². The van der Waals surface area contributed by atoms with E-state index in [0.29, 0.717) is 12.0 Å². The Morgan fingerprint density at radius 2 is 1.76 bits per heavy atom. The molecule has 1 saturated carbocycles. The lowest BCUT2D eigenvalue weighted by atomic mass is 9.71. The lowest BCUT2D eigenvalue weighted by molar-refractivity contribution is 0.122. The molecule has 3 heteroatoms. The van der Waals surface area contributed by atoms with E-state index in [-0.39, 0.29) is 12.1 Å². The third-order valence-corrected chi connectivity index (χ3v) is 4.49.